The number of hydrogen-bond acceptors (Lipinski definition) is 3. The van der Waals surface area contributed by atoms with Gasteiger partial charge in [0, 0.05) is 7.05 Å². The fourth-order valence-electron chi connectivity index (χ4n) is 1.96. The standard InChI is InChI=1S/C12H13NO4/c1-7-5-4-6-8-9(7)13(3)10(14)12(2,17-8)11(15)16/h4-6H,1-3H3,(H,15,16)/t12-/m1/s1. The zero-order valence-electron chi connectivity index (χ0n) is 9.85. The Kier molecular flexibility index (Phi) is 2.34. The smallest absolute Gasteiger partial charge is 0.357 e. The molecule has 0 aliphatic carbocycles. The molecule has 0 unspecified atom stereocenters. The highest BCUT2D eigenvalue weighted by Gasteiger charge is 2.50. The number of likely N-dealkylation sites (N-methyl/N-ethyl adjacent to an activating group) is 1. The zero-order chi connectivity index (χ0) is 12.8. The number of carboxylic acid groups (broad SMARTS) is 1. The molecule has 90 valence electrons. The Morgan fingerprint density at radius 1 is 1.47 bits per heavy atom. The number of carbonyl (C=O) groups is 2. The van der Waals surface area contributed by atoms with Crippen molar-refractivity contribution in [3.8, 4) is 5.75 Å². The van der Waals surface area contributed by atoms with Crippen molar-refractivity contribution in [3.05, 3.63) is 23.8 Å². The minimum absolute atomic E-state index is 0.414. The monoisotopic (exact) mass is 235 g/mol. The van der Waals surface area contributed by atoms with Crippen LogP contribution in [0, 0.1) is 6.92 Å². The molecule has 1 amide bonds. The van der Waals surface area contributed by atoms with Gasteiger partial charge in [-0.1, -0.05) is 12.1 Å². The molecule has 1 aliphatic heterocycles. The molecule has 2 rings (SSSR count). The van der Waals surface area contributed by atoms with Crippen LogP contribution in [-0.4, -0.2) is 29.6 Å². The lowest BCUT2D eigenvalue weighted by atomic mass is 10.0. The molecule has 17 heavy (non-hydrogen) atoms. The predicted octanol–water partition coefficient (Wildman–Crippen LogP) is 1.19. The van der Waals surface area contributed by atoms with Crippen molar-refractivity contribution < 1.29 is 19.4 Å². The molecule has 0 radical (unpaired) electrons. The summed E-state index contributed by atoms with van der Waals surface area (Å²) >= 11 is 0. The maximum atomic E-state index is 12.0. The van der Waals surface area contributed by atoms with Crippen LogP contribution >= 0.6 is 0 Å². The fourth-order valence-corrected chi connectivity index (χ4v) is 1.96. The van der Waals surface area contributed by atoms with E-state index in [0.717, 1.165) is 5.56 Å². The van der Waals surface area contributed by atoms with Crippen LogP contribution in [0.3, 0.4) is 0 Å². The first-order chi connectivity index (χ1) is 7.88. The summed E-state index contributed by atoms with van der Waals surface area (Å²) in [4.78, 5) is 24.5. The normalized spacial score (nSPS) is 23.0. The highest BCUT2D eigenvalue weighted by Crippen LogP contribution is 2.39. The first-order valence-electron chi connectivity index (χ1n) is 5.18. The number of ether oxygens (including phenoxy) is 1. The molecule has 1 aromatic carbocycles. The molecule has 0 saturated carbocycles. The van der Waals surface area contributed by atoms with Crippen molar-refractivity contribution in [3.63, 3.8) is 0 Å². The van der Waals surface area contributed by atoms with Crippen LogP contribution in [0.1, 0.15) is 12.5 Å². The summed E-state index contributed by atoms with van der Waals surface area (Å²) in [6, 6.07) is 5.27. The Balaban J connectivity index is 2.61. The van der Waals surface area contributed by atoms with Crippen molar-refractivity contribution in [1.82, 2.24) is 0 Å². The van der Waals surface area contributed by atoms with Gasteiger partial charge < -0.3 is 14.7 Å². The molecule has 1 aliphatic rings. The molecule has 1 aromatic rings. The topological polar surface area (TPSA) is 66.8 Å². The second-order valence-electron chi connectivity index (χ2n) is 4.23. The van der Waals surface area contributed by atoms with E-state index in [1.807, 2.05) is 13.0 Å². The molecule has 5 heteroatoms. The van der Waals surface area contributed by atoms with Gasteiger partial charge in [0.25, 0.3) is 11.5 Å². The molecular formula is C12H13NO4. The average Bonchev–Trinajstić information content (AvgIpc) is 2.25. The first-order valence-corrected chi connectivity index (χ1v) is 5.18. The van der Waals surface area contributed by atoms with Crippen LogP contribution in [0.25, 0.3) is 0 Å². The van der Waals surface area contributed by atoms with Gasteiger partial charge in [0.2, 0.25) is 0 Å². The molecular weight excluding hydrogens is 222 g/mol. The van der Waals surface area contributed by atoms with Crippen molar-refractivity contribution in [2.75, 3.05) is 11.9 Å². The number of anilines is 1. The lowest BCUT2D eigenvalue weighted by molar-refractivity contribution is -0.160. The summed E-state index contributed by atoms with van der Waals surface area (Å²) in [5.74, 6) is -1.45. The van der Waals surface area contributed by atoms with E-state index in [1.54, 1.807) is 19.2 Å². The first kappa shape index (κ1) is 11.4. The number of fused-ring (bicyclic) bond motifs is 1. The van der Waals surface area contributed by atoms with Crippen LogP contribution in [0.5, 0.6) is 5.75 Å². The van der Waals surface area contributed by atoms with Gasteiger partial charge >= 0.3 is 5.97 Å². The highest BCUT2D eigenvalue weighted by atomic mass is 16.5. The number of amides is 1. The number of rotatable bonds is 1. The van der Waals surface area contributed by atoms with Crippen molar-refractivity contribution in [2.24, 2.45) is 0 Å². The van der Waals surface area contributed by atoms with Crippen LogP contribution in [0.4, 0.5) is 5.69 Å². The van der Waals surface area contributed by atoms with Gasteiger partial charge in [0.05, 0.1) is 5.69 Å². The average molecular weight is 235 g/mol. The molecule has 1 N–H and O–H groups in total. The number of benzene rings is 1. The molecule has 0 fully saturated rings. The molecule has 0 aromatic heterocycles. The van der Waals surface area contributed by atoms with E-state index in [2.05, 4.69) is 0 Å². The quantitative estimate of drug-likeness (QED) is 0.742. The van der Waals surface area contributed by atoms with Crippen LogP contribution in [-0.2, 0) is 9.59 Å². The summed E-state index contributed by atoms with van der Waals surface area (Å²) in [5.41, 5.74) is -0.364. The summed E-state index contributed by atoms with van der Waals surface area (Å²) < 4.78 is 5.35. The van der Waals surface area contributed by atoms with E-state index in [1.165, 1.54) is 11.8 Å². The summed E-state index contributed by atoms with van der Waals surface area (Å²) in [7, 11) is 1.55. The summed E-state index contributed by atoms with van der Waals surface area (Å²) in [6.07, 6.45) is 0. The van der Waals surface area contributed by atoms with Crippen LogP contribution in [0.2, 0.25) is 0 Å². The van der Waals surface area contributed by atoms with Gasteiger partial charge in [-0.05, 0) is 25.5 Å². The largest absolute Gasteiger partial charge is 0.478 e. The van der Waals surface area contributed by atoms with E-state index >= 15 is 0 Å². The third kappa shape index (κ3) is 1.46. The molecule has 5 nitrogen and oxygen atoms in total. The maximum absolute atomic E-state index is 12.0. The fraction of sp³-hybridized carbons (Fsp3) is 0.333. The van der Waals surface area contributed by atoms with E-state index < -0.39 is 17.5 Å². The second-order valence-corrected chi connectivity index (χ2v) is 4.23. The summed E-state index contributed by atoms with van der Waals surface area (Å²) in [5, 5.41) is 9.11. The molecule has 0 spiro atoms. The van der Waals surface area contributed by atoms with Gasteiger partial charge in [-0.3, -0.25) is 4.79 Å². The third-order valence-electron chi connectivity index (χ3n) is 2.97. The van der Waals surface area contributed by atoms with Crippen molar-refractivity contribution in [2.45, 2.75) is 19.4 Å². The van der Waals surface area contributed by atoms with Crippen LogP contribution < -0.4 is 9.64 Å². The van der Waals surface area contributed by atoms with E-state index in [9.17, 15) is 9.59 Å². The van der Waals surface area contributed by atoms with Crippen molar-refractivity contribution >= 4 is 17.6 Å². The van der Waals surface area contributed by atoms with Gasteiger partial charge in [0.1, 0.15) is 5.75 Å². The Morgan fingerprint density at radius 3 is 2.71 bits per heavy atom. The van der Waals surface area contributed by atoms with Gasteiger partial charge in [-0.25, -0.2) is 4.79 Å². The van der Waals surface area contributed by atoms with Gasteiger partial charge in [-0.15, -0.1) is 0 Å². The zero-order valence-corrected chi connectivity index (χ0v) is 9.85. The minimum Gasteiger partial charge on any atom is -0.478 e. The Bertz CT molecular complexity index is 511. The van der Waals surface area contributed by atoms with Gasteiger partial charge in [0.15, 0.2) is 0 Å². The number of para-hydroxylation sites is 1. The van der Waals surface area contributed by atoms with E-state index in [0.29, 0.717) is 11.4 Å². The minimum atomic E-state index is -1.85. The summed E-state index contributed by atoms with van der Waals surface area (Å²) in [6.45, 7) is 3.11. The number of hydrogen-bond donors (Lipinski definition) is 1. The number of nitrogens with zero attached hydrogens (tertiary/aromatic N) is 1. The Morgan fingerprint density at radius 2 is 2.12 bits per heavy atom. The van der Waals surface area contributed by atoms with E-state index in [4.69, 9.17) is 9.84 Å². The molecule has 0 bridgehead atoms. The predicted molar refractivity (Wildman–Crippen MR) is 61.3 cm³/mol. The number of carbonyl (C=O) groups excluding carboxylic acids is 1. The lowest BCUT2D eigenvalue weighted by Crippen LogP contribution is -2.58. The molecule has 1 heterocycles. The highest BCUT2D eigenvalue weighted by molar-refractivity contribution is 6.14. The Labute approximate surface area is 98.6 Å². The third-order valence-corrected chi connectivity index (χ3v) is 2.97. The van der Waals surface area contributed by atoms with E-state index in [-0.39, 0.29) is 0 Å². The number of aliphatic carboxylic acids is 1. The lowest BCUT2D eigenvalue weighted by Gasteiger charge is -2.37. The molecule has 1 atom stereocenters. The van der Waals surface area contributed by atoms with Gasteiger partial charge in [-0.2, -0.15) is 0 Å². The second kappa shape index (κ2) is 3.48. The Hall–Kier alpha value is -2.04. The number of carboxylic acids is 1. The maximum Gasteiger partial charge on any atom is 0.357 e. The number of aryl methyl sites for hydroxylation is 1. The van der Waals surface area contributed by atoms with Crippen LogP contribution in [0.15, 0.2) is 18.2 Å². The SMILES string of the molecule is Cc1cccc2c1N(C)C(=O)[C@](C)(C(=O)O)O2. The molecule has 0 saturated heterocycles. The van der Waals surface area contributed by atoms with Crippen molar-refractivity contribution in [1.29, 1.82) is 0 Å².